The smallest absolute Gasteiger partial charge is 0.254 e. The third kappa shape index (κ3) is 4.78. The van der Waals surface area contributed by atoms with Gasteiger partial charge in [0.15, 0.2) is 0 Å². The molecule has 0 bridgehead atoms. The fourth-order valence-corrected chi connectivity index (χ4v) is 2.72. The second-order valence-corrected chi connectivity index (χ2v) is 6.64. The van der Waals surface area contributed by atoms with Crippen LogP contribution < -0.4 is 0 Å². The molecule has 0 radical (unpaired) electrons. The van der Waals surface area contributed by atoms with Gasteiger partial charge < -0.3 is 9.80 Å². The zero-order valence-electron chi connectivity index (χ0n) is 15.9. The van der Waals surface area contributed by atoms with Crippen LogP contribution in [-0.2, 0) is 6.54 Å². The first-order valence-corrected chi connectivity index (χ1v) is 8.83. The van der Waals surface area contributed by atoms with E-state index in [4.69, 9.17) is 5.26 Å². The predicted octanol–water partition coefficient (Wildman–Crippen LogP) is 1.74. The second-order valence-electron chi connectivity index (χ2n) is 6.64. The molecule has 0 saturated carbocycles. The maximum Gasteiger partial charge on any atom is 0.254 e. The standard InChI is InChI=1S/C20H21N7O/c1-25(2)10-11-26(14-17-8-6-16(13-21)7-9-17)20(28)18-4-3-5-19(12-18)27-15-22-23-24-27/h3-9,12,15H,10-11,14H2,1-2H3. The number of nitrogens with zero attached hydrogens (tertiary/aromatic N) is 7. The van der Waals surface area contributed by atoms with Gasteiger partial charge in [0.1, 0.15) is 6.33 Å². The van der Waals surface area contributed by atoms with Crippen molar-refractivity contribution in [1.82, 2.24) is 30.0 Å². The minimum Gasteiger partial charge on any atom is -0.333 e. The number of nitriles is 1. The van der Waals surface area contributed by atoms with Crippen molar-refractivity contribution in [2.75, 3.05) is 27.2 Å². The number of carbonyl (C=O) groups is 1. The molecule has 0 saturated heterocycles. The lowest BCUT2D eigenvalue weighted by Crippen LogP contribution is -2.36. The number of tetrazole rings is 1. The molecule has 0 N–H and O–H groups in total. The Bertz CT molecular complexity index is 959. The maximum absolute atomic E-state index is 13.2. The van der Waals surface area contributed by atoms with Crippen LogP contribution in [0.4, 0.5) is 0 Å². The van der Waals surface area contributed by atoms with Crippen LogP contribution in [0.5, 0.6) is 0 Å². The molecule has 1 amide bonds. The molecule has 0 fully saturated rings. The van der Waals surface area contributed by atoms with Crippen LogP contribution in [0.3, 0.4) is 0 Å². The van der Waals surface area contributed by atoms with Crippen molar-refractivity contribution in [2.24, 2.45) is 0 Å². The minimum atomic E-state index is -0.0684. The van der Waals surface area contributed by atoms with Crippen molar-refractivity contribution in [3.8, 4) is 11.8 Å². The van der Waals surface area contributed by atoms with E-state index in [1.165, 1.54) is 11.0 Å². The van der Waals surface area contributed by atoms with Crippen LogP contribution in [0.2, 0.25) is 0 Å². The number of rotatable bonds is 7. The van der Waals surface area contributed by atoms with Gasteiger partial charge in [0.2, 0.25) is 0 Å². The first-order valence-electron chi connectivity index (χ1n) is 8.83. The molecular formula is C20H21N7O. The molecule has 1 aromatic heterocycles. The van der Waals surface area contributed by atoms with E-state index in [9.17, 15) is 4.79 Å². The quantitative estimate of drug-likeness (QED) is 0.625. The second kappa shape index (κ2) is 8.88. The fourth-order valence-electron chi connectivity index (χ4n) is 2.72. The summed E-state index contributed by atoms with van der Waals surface area (Å²) in [4.78, 5) is 17.0. The van der Waals surface area contributed by atoms with Gasteiger partial charge in [-0.25, -0.2) is 4.68 Å². The van der Waals surface area contributed by atoms with Gasteiger partial charge in [-0.3, -0.25) is 4.79 Å². The minimum absolute atomic E-state index is 0.0684. The SMILES string of the molecule is CN(C)CCN(Cc1ccc(C#N)cc1)C(=O)c1cccc(-n2cnnn2)c1. The molecule has 0 unspecified atom stereocenters. The summed E-state index contributed by atoms with van der Waals surface area (Å²) >= 11 is 0. The number of carbonyl (C=O) groups excluding carboxylic acids is 1. The van der Waals surface area contributed by atoms with Gasteiger partial charge in [0, 0.05) is 25.2 Å². The highest BCUT2D eigenvalue weighted by Gasteiger charge is 2.17. The van der Waals surface area contributed by atoms with Crippen molar-refractivity contribution in [2.45, 2.75) is 6.54 Å². The molecule has 8 heteroatoms. The summed E-state index contributed by atoms with van der Waals surface area (Å²) in [5.41, 5.74) is 2.87. The van der Waals surface area contributed by atoms with Gasteiger partial charge in [0.05, 0.1) is 17.3 Å². The number of hydrogen-bond donors (Lipinski definition) is 0. The number of likely N-dealkylation sites (N-methyl/N-ethyl adjacent to an activating group) is 1. The Labute approximate surface area is 163 Å². The number of hydrogen-bond acceptors (Lipinski definition) is 6. The molecule has 0 spiro atoms. The topological polar surface area (TPSA) is 90.9 Å². The summed E-state index contributed by atoms with van der Waals surface area (Å²) < 4.78 is 1.52. The van der Waals surface area contributed by atoms with Crippen molar-refractivity contribution in [1.29, 1.82) is 5.26 Å². The van der Waals surface area contributed by atoms with Crippen LogP contribution in [-0.4, -0.2) is 63.1 Å². The third-order valence-electron chi connectivity index (χ3n) is 4.27. The predicted molar refractivity (Wildman–Crippen MR) is 104 cm³/mol. The Balaban J connectivity index is 1.83. The maximum atomic E-state index is 13.2. The van der Waals surface area contributed by atoms with E-state index >= 15 is 0 Å². The molecule has 8 nitrogen and oxygen atoms in total. The van der Waals surface area contributed by atoms with Gasteiger partial charge in [-0.15, -0.1) is 5.10 Å². The first-order chi connectivity index (χ1) is 13.6. The van der Waals surface area contributed by atoms with Crippen molar-refractivity contribution in [3.05, 3.63) is 71.5 Å². The van der Waals surface area contributed by atoms with E-state index in [1.807, 2.05) is 43.3 Å². The van der Waals surface area contributed by atoms with E-state index < -0.39 is 0 Å². The van der Waals surface area contributed by atoms with Crippen molar-refractivity contribution < 1.29 is 4.79 Å². The Kier molecular flexibility index (Phi) is 6.09. The average molecular weight is 375 g/mol. The third-order valence-corrected chi connectivity index (χ3v) is 4.27. The lowest BCUT2D eigenvalue weighted by atomic mass is 10.1. The van der Waals surface area contributed by atoms with Gasteiger partial charge in [-0.1, -0.05) is 18.2 Å². The molecule has 2 aromatic carbocycles. The van der Waals surface area contributed by atoms with Gasteiger partial charge in [-0.2, -0.15) is 5.26 Å². The molecule has 3 aromatic rings. The first kappa shape index (κ1) is 19.2. The Hall–Kier alpha value is -3.57. The number of amides is 1. The molecular weight excluding hydrogens is 354 g/mol. The average Bonchev–Trinajstić information content (AvgIpc) is 3.26. The molecule has 0 aliphatic carbocycles. The fraction of sp³-hybridized carbons (Fsp3) is 0.250. The molecule has 1 heterocycles. The zero-order chi connectivity index (χ0) is 19.9. The van der Waals surface area contributed by atoms with Crippen molar-refractivity contribution >= 4 is 5.91 Å². The van der Waals surface area contributed by atoms with E-state index in [0.29, 0.717) is 24.2 Å². The molecule has 142 valence electrons. The highest BCUT2D eigenvalue weighted by atomic mass is 16.2. The monoisotopic (exact) mass is 375 g/mol. The van der Waals surface area contributed by atoms with Gasteiger partial charge in [0.25, 0.3) is 5.91 Å². The number of benzene rings is 2. The van der Waals surface area contributed by atoms with E-state index in [0.717, 1.165) is 17.8 Å². The van der Waals surface area contributed by atoms with Crippen LogP contribution in [0.25, 0.3) is 5.69 Å². The summed E-state index contributed by atoms with van der Waals surface area (Å²) in [5, 5.41) is 20.1. The highest BCUT2D eigenvalue weighted by Crippen LogP contribution is 2.14. The number of aromatic nitrogens is 4. The summed E-state index contributed by atoms with van der Waals surface area (Å²) in [6.45, 7) is 1.79. The van der Waals surface area contributed by atoms with Crippen LogP contribution >= 0.6 is 0 Å². The molecule has 0 aliphatic rings. The van der Waals surface area contributed by atoms with Crippen molar-refractivity contribution in [3.63, 3.8) is 0 Å². The summed E-state index contributed by atoms with van der Waals surface area (Å²) in [6, 6.07) is 16.6. The van der Waals surface area contributed by atoms with Gasteiger partial charge >= 0.3 is 0 Å². The lowest BCUT2D eigenvalue weighted by Gasteiger charge is -2.25. The summed E-state index contributed by atoms with van der Waals surface area (Å²) in [7, 11) is 3.95. The van der Waals surface area contributed by atoms with Crippen LogP contribution in [0, 0.1) is 11.3 Å². The zero-order valence-corrected chi connectivity index (χ0v) is 15.9. The summed E-state index contributed by atoms with van der Waals surface area (Å²) in [5.74, 6) is -0.0684. The molecule has 0 atom stereocenters. The van der Waals surface area contributed by atoms with E-state index in [1.54, 1.807) is 29.2 Å². The normalized spacial score (nSPS) is 10.6. The Morgan fingerprint density at radius 1 is 1.14 bits per heavy atom. The van der Waals surface area contributed by atoms with Gasteiger partial charge in [-0.05, 0) is 60.4 Å². The van der Waals surface area contributed by atoms with E-state index in [-0.39, 0.29) is 5.91 Å². The summed E-state index contributed by atoms with van der Waals surface area (Å²) in [6.07, 6.45) is 1.49. The highest BCUT2D eigenvalue weighted by molar-refractivity contribution is 5.94. The largest absolute Gasteiger partial charge is 0.333 e. The van der Waals surface area contributed by atoms with Crippen LogP contribution in [0.15, 0.2) is 54.9 Å². The van der Waals surface area contributed by atoms with E-state index in [2.05, 4.69) is 21.6 Å². The lowest BCUT2D eigenvalue weighted by molar-refractivity contribution is 0.0732. The molecule has 0 aliphatic heterocycles. The van der Waals surface area contributed by atoms with Crippen LogP contribution in [0.1, 0.15) is 21.5 Å². The molecule has 28 heavy (non-hydrogen) atoms. The Morgan fingerprint density at radius 2 is 1.93 bits per heavy atom. The Morgan fingerprint density at radius 3 is 2.57 bits per heavy atom. The molecule has 3 rings (SSSR count).